The van der Waals surface area contributed by atoms with Gasteiger partial charge in [0.25, 0.3) is 0 Å². The molecule has 4 heteroatoms. The molecule has 0 amide bonds. The molecule has 1 heterocycles. The van der Waals surface area contributed by atoms with Crippen LogP contribution in [0, 0.1) is 0 Å². The molecule has 0 spiro atoms. The topological polar surface area (TPSA) is 59.6 Å². The average Bonchev–Trinajstić information content (AvgIpc) is 2.70. The minimum Gasteiger partial charge on any atom is -0.497 e. The number of para-hydroxylation sites is 2. The number of nitrogens with one attached hydrogen (secondary N) is 1. The molecule has 1 aliphatic rings. The van der Waals surface area contributed by atoms with Crippen LogP contribution in [0.2, 0.25) is 0 Å². The molecule has 0 saturated heterocycles. The molecule has 0 aliphatic carbocycles. The van der Waals surface area contributed by atoms with Gasteiger partial charge in [-0.25, -0.2) is 4.99 Å². The molecule has 4 nitrogen and oxygen atoms in total. The third-order valence-electron chi connectivity index (χ3n) is 3.72. The van der Waals surface area contributed by atoms with Crippen LogP contribution in [0.5, 0.6) is 5.75 Å². The molecule has 1 aliphatic heterocycles. The molecule has 0 aromatic heterocycles. The van der Waals surface area contributed by atoms with Crippen molar-refractivity contribution in [2.75, 3.05) is 12.4 Å². The van der Waals surface area contributed by atoms with E-state index in [1.54, 1.807) is 7.11 Å². The fraction of sp³-hybridized carbons (Fsp3) is 0.167. The molecule has 2 aromatic carbocycles. The van der Waals surface area contributed by atoms with E-state index in [9.17, 15) is 0 Å². The van der Waals surface area contributed by atoms with Gasteiger partial charge in [-0.15, -0.1) is 0 Å². The number of aliphatic imine (C=N–C) groups is 1. The second kappa shape index (κ2) is 5.93. The van der Waals surface area contributed by atoms with Crippen molar-refractivity contribution in [2.45, 2.75) is 13.3 Å². The van der Waals surface area contributed by atoms with Crippen LogP contribution in [0.1, 0.15) is 18.9 Å². The predicted molar refractivity (Wildman–Crippen MR) is 91.6 cm³/mol. The lowest BCUT2D eigenvalue weighted by Gasteiger charge is -2.14. The van der Waals surface area contributed by atoms with Gasteiger partial charge in [-0.1, -0.05) is 31.2 Å². The number of allylic oxidation sites excluding steroid dienone is 1. The number of hydrogen-bond donors (Lipinski definition) is 2. The van der Waals surface area contributed by atoms with E-state index in [-0.39, 0.29) is 0 Å². The van der Waals surface area contributed by atoms with Crippen molar-refractivity contribution in [3.8, 4) is 5.75 Å². The highest BCUT2D eigenvalue weighted by Gasteiger charge is 2.17. The molecule has 0 unspecified atom stereocenters. The lowest BCUT2D eigenvalue weighted by atomic mass is 10.0. The summed E-state index contributed by atoms with van der Waals surface area (Å²) in [6.07, 6.45) is 0.839. The first-order chi connectivity index (χ1) is 10.7. The Morgan fingerprint density at radius 3 is 2.50 bits per heavy atom. The number of hydrogen-bond acceptors (Lipinski definition) is 4. The monoisotopic (exact) mass is 293 g/mol. The Hall–Kier alpha value is -2.75. The summed E-state index contributed by atoms with van der Waals surface area (Å²) in [6, 6.07) is 15.8. The SMILES string of the molecule is CCC1=C(c2ccc(OC)cc2)C(N)=Nc2ccccc2N1. The van der Waals surface area contributed by atoms with Gasteiger partial charge < -0.3 is 15.8 Å². The maximum Gasteiger partial charge on any atom is 0.133 e. The van der Waals surface area contributed by atoms with Gasteiger partial charge in [0.2, 0.25) is 0 Å². The lowest BCUT2D eigenvalue weighted by molar-refractivity contribution is 0.415. The lowest BCUT2D eigenvalue weighted by Crippen LogP contribution is -2.16. The van der Waals surface area contributed by atoms with E-state index in [1.807, 2.05) is 48.5 Å². The summed E-state index contributed by atoms with van der Waals surface area (Å²) in [5.41, 5.74) is 11.2. The summed E-state index contributed by atoms with van der Waals surface area (Å²) in [6.45, 7) is 2.10. The summed E-state index contributed by atoms with van der Waals surface area (Å²) >= 11 is 0. The standard InChI is InChI=1S/C18H19N3O/c1-3-14-17(12-8-10-13(22-2)11-9-12)18(19)21-16-7-5-4-6-15(16)20-14/h4-11,20H,3H2,1-2H3,(H2,19,21). The van der Waals surface area contributed by atoms with Crippen molar-refractivity contribution in [3.63, 3.8) is 0 Å². The normalized spacial score (nSPS) is 13.8. The van der Waals surface area contributed by atoms with Gasteiger partial charge in [0, 0.05) is 11.3 Å². The molecule has 22 heavy (non-hydrogen) atoms. The highest BCUT2D eigenvalue weighted by molar-refractivity contribution is 6.24. The first kappa shape index (κ1) is 14.2. The molecule has 0 bridgehead atoms. The van der Waals surface area contributed by atoms with E-state index < -0.39 is 0 Å². The number of anilines is 1. The van der Waals surface area contributed by atoms with Gasteiger partial charge in [0.15, 0.2) is 0 Å². The van der Waals surface area contributed by atoms with Crippen molar-refractivity contribution in [3.05, 3.63) is 59.8 Å². The van der Waals surface area contributed by atoms with Gasteiger partial charge in [-0.3, -0.25) is 0 Å². The third kappa shape index (κ3) is 2.55. The number of methoxy groups -OCH3 is 1. The third-order valence-corrected chi connectivity index (χ3v) is 3.72. The summed E-state index contributed by atoms with van der Waals surface area (Å²) in [7, 11) is 1.66. The number of nitrogens with two attached hydrogens (primary N) is 1. The van der Waals surface area contributed by atoms with E-state index >= 15 is 0 Å². The Kier molecular flexibility index (Phi) is 3.83. The maximum absolute atomic E-state index is 6.28. The highest BCUT2D eigenvalue weighted by Crippen LogP contribution is 2.33. The average molecular weight is 293 g/mol. The molecule has 0 atom stereocenters. The minimum atomic E-state index is 0.527. The zero-order valence-corrected chi connectivity index (χ0v) is 12.8. The molecule has 0 radical (unpaired) electrons. The number of nitrogens with zero attached hydrogens (tertiary/aromatic N) is 1. The summed E-state index contributed by atoms with van der Waals surface area (Å²) in [5, 5.41) is 3.47. The number of benzene rings is 2. The van der Waals surface area contributed by atoms with Gasteiger partial charge in [0.1, 0.15) is 11.6 Å². The van der Waals surface area contributed by atoms with Crippen LogP contribution in [-0.2, 0) is 0 Å². The van der Waals surface area contributed by atoms with Gasteiger partial charge in [-0.05, 0) is 36.2 Å². The number of amidine groups is 1. The van der Waals surface area contributed by atoms with Crippen LogP contribution in [0.15, 0.2) is 59.2 Å². The Labute approximate surface area is 130 Å². The maximum atomic E-state index is 6.28. The fourth-order valence-electron chi connectivity index (χ4n) is 2.59. The van der Waals surface area contributed by atoms with Crippen LogP contribution >= 0.6 is 0 Å². The quantitative estimate of drug-likeness (QED) is 0.901. The Morgan fingerprint density at radius 1 is 1.09 bits per heavy atom. The molecular weight excluding hydrogens is 274 g/mol. The van der Waals surface area contributed by atoms with Gasteiger partial charge in [-0.2, -0.15) is 0 Å². The molecule has 3 rings (SSSR count). The van der Waals surface area contributed by atoms with Crippen LogP contribution in [-0.4, -0.2) is 12.9 Å². The molecule has 0 saturated carbocycles. The Balaban J connectivity index is 2.12. The smallest absolute Gasteiger partial charge is 0.133 e. The van der Waals surface area contributed by atoms with Crippen molar-refractivity contribution < 1.29 is 4.74 Å². The second-order valence-electron chi connectivity index (χ2n) is 5.07. The van der Waals surface area contributed by atoms with E-state index in [4.69, 9.17) is 10.5 Å². The molecule has 3 N–H and O–H groups in total. The summed E-state index contributed by atoms with van der Waals surface area (Å²) in [5.74, 6) is 1.35. The van der Waals surface area contributed by atoms with Crippen molar-refractivity contribution >= 4 is 22.8 Å². The van der Waals surface area contributed by atoms with Crippen molar-refractivity contribution in [2.24, 2.45) is 10.7 Å². The van der Waals surface area contributed by atoms with Crippen LogP contribution < -0.4 is 15.8 Å². The van der Waals surface area contributed by atoms with E-state index in [2.05, 4.69) is 17.2 Å². The second-order valence-corrected chi connectivity index (χ2v) is 5.07. The first-order valence-corrected chi connectivity index (χ1v) is 7.31. The minimum absolute atomic E-state index is 0.527. The number of ether oxygens (including phenoxy) is 1. The van der Waals surface area contributed by atoms with Crippen molar-refractivity contribution in [1.29, 1.82) is 0 Å². The largest absolute Gasteiger partial charge is 0.497 e. The number of rotatable bonds is 3. The fourth-order valence-corrected chi connectivity index (χ4v) is 2.59. The van der Waals surface area contributed by atoms with Gasteiger partial charge >= 0.3 is 0 Å². The van der Waals surface area contributed by atoms with Crippen LogP contribution in [0.4, 0.5) is 11.4 Å². The number of fused-ring (bicyclic) bond motifs is 1. The molecule has 112 valence electrons. The summed E-state index contributed by atoms with van der Waals surface area (Å²) in [4.78, 5) is 4.58. The molecular formula is C18H19N3O. The van der Waals surface area contributed by atoms with Crippen LogP contribution in [0.25, 0.3) is 5.57 Å². The predicted octanol–water partition coefficient (Wildman–Crippen LogP) is 3.93. The van der Waals surface area contributed by atoms with Crippen LogP contribution in [0.3, 0.4) is 0 Å². The highest BCUT2D eigenvalue weighted by atomic mass is 16.5. The Morgan fingerprint density at radius 2 is 1.82 bits per heavy atom. The van der Waals surface area contributed by atoms with Crippen molar-refractivity contribution in [1.82, 2.24) is 0 Å². The zero-order chi connectivity index (χ0) is 15.5. The first-order valence-electron chi connectivity index (χ1n) is 7.31. The molecule has 0 fully saturated rings. The zero-order valence-electron chi connectivity index (χ0n) is 12.8. The van der Waals surface area contributed by atoms with E-state index in [0.717, 1.165) is 40.4 Å². The van der Waals surface area contributed by atoms with Gasteiger partial charge in [0.05, 0.1) is 18.5 Å². The summed E-state index contributed by atoms with van der Waals surface area (Å²) < 4.78 is 5.22. The van der Waals surface area contributed by atoms with E-state index in [0.29, 0.717) is 5.84 Å². The van der Waals surface area contributed by atoms with E-state index in [1.165, 1.54) is 0 Å². The molecule has 2 aromatic rings. The Bertz CT molecular complexity index is 745.